The third-order valence-electron chi connectivity index (χ3n) is 4.84. The maximum Gasteiger partial charge on any atom is 0.333 e. The molecule has 0 N–H and O–H groups in total. The van der Waals surface area contributed by atoms with E-state index >= 15 is 0 Å². The number of amides is 4. The van der Waals surface area contributed by atoms with Gasteiger partial charge in [0.05, 0.1) is 5.97 Å². The first-order chi connectivity index (χ1) is 13.5. The predicted octanol–water partition coefficient (Wildman–Crippen LogP) is 1.54. The van der Waals surface area contributed by atoms with Crippen LogP contribution in [0.2, 0.25) is 5.02 Å². The molecule has 8 nitrogen and oxygen atoms in total. The fourth-order valence-corrected chi connectivity index (χ4v) is 3.47. The summed E-state index contributed by atoms with van der Waals surface area (Å²) in [5.41, 5.74) is 2.26. The van der Waals surface area contributed by atoms with E-state index in [0.717, 1.165) is 15.5 Å². The van der Waals surface area contributed by atoms with E-state index in [1.54, 1.807) is 30.5 Å². The molecule has 150 valence electrons. The second-order valence-corrected chi connectivity index (χ2v) is 7.09. The summed E-state index contributed by atoms with van der Waals surface area (Å²) in [6.45, 7) is 3.57. The Bertz CT molecular complexity index is 1090. The molecule has 1 aliphatic rings. The number of benzene rings is 1. The van der Waals surface area contributed by atoms with Crippen LogP contribution in [0.4, 0.5) is 4.79 Å². The summed E-state index contributed by atoms with van der Waals surface area (Å²) in [7, 11) is 2.61. The summed E-state index contributed by atoms with van der Waals surface area (Å²) in [5, 5.41) is 11.3. The number of barbiturate groups is 1. The number of aryl methyl sites for hydroxylation is 1. The first-order valence-corrected chi connectivity index (χ1v) is 8.94. The van der Waals surface area contributed by atoms with Gasteiger partial charge in [-0.2, -0.15) is 0 Å². The van der Waals surface area contributed by atoms with Gasteiger partial charge in [0, 0.05) is 41.8 Å². The molecule has 0 spiro atoms. The van der Waals surface area contributed by atoms with Crippen LogP contribution < -0.4 is 5.11 Å². The number of hydrogen-bond donors (Lipinski definition) is 0. The van der Waals surface area contributed by atoms with Crippen LogP contribution in [-0.4, -0.2) is 52.3 Å². The lowest BCUT2D eigenvalue weighted by molar-refractivity contribution is -0.255. The van der Waals surface area contributed by atoms with Crippen LogP contribution in [0.25, 0.3) is 11.8 Å². The Balaban J connectivity index is 2.12. The molecule has 29 heavy (non-hydrogen) atoms. The zero-order valence-corrected chi connectivity index (χ0v) is 16.9. The molecule has 1 aromatic heterocycles. The van der Waals surface area contributed by atoms with Crippen molar-refractivity contribution in [1.29, 1.82) is 0 Å². The number of carbonyl (C=O) groups is 4. The van der Waals surface area contributed by atoms with Crippen LogP contribution in [0, 0.1) is 13.8 Å². The summed E-state index contributed by atoms with van der Waals surface area (Å²) >= 11 is 5.91. The number of aromatic nitrogens is 1. The average Bonchev–Trinajstić information content (AvgIpc) is 2.95. The average molecular weight is 415 g/mol. The molecule has 2 heterocycles. The van der Waals surface area contributed by atoms with Gasteiger partial charge in [-0.3, -0.25) is 19.4 Å². The molecule has 0 atom stereocenters. The molecule has 0 saturated carbocycles. The Morgan fingerprint density at radius 3 is 2.17 bits per heavy atom. The van der Waals surface area contributed by atoms with Gasteiger partial charge in [0.2, 0.25) is 0 Å². The molecule has 1 aromatic carbocycles. The van der Waals surface area contributed by atoms with E-state index in [2.05, 4.69) is 0 Å². The van der Waals surface area contributed by atoms with Crippen LogP contribution in [0.3, 0.4) is 0 Å². The van der Waals surface area contributed by atoms with Crippen molar-refractivity contribution < 1.29 is 24.3 Å². The van der Waals surface area contributed by atoms with Gasteiger partial charge < -0.3 is 14.5 Å². The third-order valence-corrected chi connectivity index (χ3v) is 5.17. The van der Waals surface area contributed by atoms with Gasteiger partial charge in [-0.15, -0.1) is 0 Å². The first-order valence-electron chi connectivity index (χ1n) is 8.56. The van der Waals surface area contributed by atoms with Gasteiger partial charge in [-0.1, -0.05) is 11.6 Å². The fourth-order valence-electron chi connectivity index (χ4n) is 3.27. The maximum absolute atomic E-state index is 12.4. The van der Waals surface area contributed by atoms with Gasteiger partial charge in [-0.05, 0) is 49.8 Å². The zero-order chi connectivity index (χ0) is 21.6. The molecule has 2 aromatic rings. The van der Waals surface area contributed by atoms with Crippen LogP contribution in [0.1, 0.15) is 27.3 Å². The van der Waals surface area contributed by atoms with Crippen molar-refractivity contribution in [3.8, 4) is 5.69 Å². The van der Waals surface area contributed by atoms with Crippen molar-refractivity contribution in [2.45, 2.75) is 13.8 Å². The minimum absolute atomic E-state index is 0.0627. The van der Waals surface area contributed by atoms with E-state index in [-0.39, 0.29) is 16.2 Å². The van der Waals surface area contributed by atoms with Gasteiger partial charge in [0.1, 0.15) is 5.57 Å². The van der Waals surface area contributed by atoms with Crippen molar-refractivity contribution in [1.82, 2.24) is 14.4 Å². The second-order valence-electron chi connectivity index (χ2n) is 6.68. The quantitative estimate of drug-likeness (QED) is 0.560. The Kier molecular flexibility index (Phi) is 5.06. The Labute approximate surface area is 171 Å². The molecule has 1 saturated heterocycles. The lowest BCUT2D eigenvalue weighted by Gasteiger charge is -2.28. The highest BCUT2D eigenvalue weighted by Gasteiger charge is 2.38. The van der Waals surface area contributed by atoms with E-state index < -0.39 is 23.8 Å². The number of rotatable bonds is 3. The molecule has 0 radical (unpaired) electrons. The van der Waals surface area contributed by atoms with Crippen molar-refractivity contribution in [2.24, 2.45) is 0 Å². The topological polar surface area (TPSA) is 103 Å². The monoisotopic (exact) mass is 414 g/mol. The minimum Gasteiger partial charge on any atom is -0.545 e. The largest absolute Gasteiger partial charge is 0.545 e. The van der Waals surface area contributed by atoms with E-state index in [4.69, 9.17) is 11.6 Å². The van der Waals surface area contributed by atoms with Gasteiger partial charge in [-0.25, -0.2) is 4.79 Å². The SMILES string of the molecule is Cc1cc(C=C2C(=O)N(C)C(=O)N(C)C2=O)c(C)n1-c1ccc(Cl)c(C(=O)[O-])c1. The van der Waals surface area contributed by atoms with Crippen LogP contribution in [0.15, 0.2) is 29.8 Å². The van der Waals surface area contributed by atoms with Gasteiger partial charge in [0.25, 0.3) is 11.8 Å². The Morgan fingerprint density at radius 1 is 1.03 bits per heavy atom. The molecular formula is C20H17ClN3O5-. The molecule has 4 amide bonds. The summed E-state index contributed by atoms with van der Waals surface area (Å²) < 4.78 is 1.77. The number of imide groups is 2. The molecule has 1 aliphatic heterocycles. The lowest BCUT2D eigenvalue weighted by Crippen LogP contribution is -2.52. The lowest BCUT2D eigenvalue weighted by atomic mass is 10.1. The molecule has 9 heteroatoms. The number of carbonyl (C=O) groups excluding carboxylic acids is 4. The summed E-state index contributed by atoms with van der Waals surface area (Å²) in [4.78, 5) is 49.7. The van der Waals surface area contributed by atoms with Gasteiger partial charge in [0.15, 0.2) is 0 Å². The normalized spacial score (nSPS) is 14.7. The fraction of sp³-hybridized carbons (Fsp3) is 0.200. The number of aromatic carboxylic acids is 1. The number of nitrogens with zero attached hydrogens (tertiary/aromatic N) is 3. The Morgan fingerprint density at radius 2 is 1.62 bits per heavy atom. The van der Waals surface area contributed by atoms with Crippen LogP contribution >= 0.6 is 11.6 Å². The van der Waals surface area contributed by atoms with Crippen molar-refractivity contribution in [2.75, 3.05) is 14.1 Å². The molecule has 1 fully saturated rings. The molecular weight excluding hydrogens is 398 g/mol. The van der Waals surface area contributed by atoms with Crippen molar-refractivity contribution in [3.63, 3.8) is 0 Å². The number of hydrogen-bond acceptors (Lipinski definition) is 5. The smallest absolute Gasteiger partial charge is 0.333 e. The van der Waals surface area contributed by atoms with Crippen molar-refractivity contribution >= 4 is 41.5 Å². The molecule has 0 unspecified atom stereocenters. The summed E-state index contributed by atoms with van der Waals surface area (Å²) in [6, 6.07) is 5.57. The summed E-state index contributed by atoms with van der Waals surface area (Å²) in [6.07, 6.45) is 1.43. The maximum atomic E-state index is 12.4. The number of halogens is 1. The molecule has 0 bridgehead atoms. The highest BCUT2D eigenvalue weighted by molar-refractivity contribution is 6.33. The third kappa shape index (κ3) is 3.31. The number of likely N-dealkylation sites (N-methyl/N-ethyl adjacent to an activating group) is 2. The first kappa shape index (κ1) is 20.3. The number of carboxylic acids is 1. The minimum atomic E-state index is -1.39. The number of carboxylic acid groups (broad SMARTS) is 1. The van der Waals surface area contributed by atoms with E-state index in [9.17, 15) is 24.3 Å². The zero-order valence-electron chi connectivity index (χ0n) is 16.1. The standard InChI is InChI=1S/C20H18ClN3O5/c1-10-7-12(8-15-17(25)22(3)20(29)23(4)18(15)26)11(2)24(10)13-5-6-16(21)14(9-13)19(27)28/h5-9H,1-4H3,(H,27,28)/p-1. The predicted molar refractivity (Wildman–Crippen MR) is 103 cm³/mol. The second kappa shape index (κ2) is 7.21. The van der Waals surface area contributed by atoms with Crippen LogP contribution in [0.5, 0.6) is 0 Å². The number of urea groups is 1. The van der Waals surface area contributed by atoms with Crippen LogP contribution in [-0.2, 0) is 9.59 Å². The van der Waals surface area contributed by atoms with Gasteiger partial charge >= 0.3 is 6.03 Å². The van der Waals surface area contributed by atoms with E-state index in [1.165, 1.54) is 32.3 Å². The van der Waals surface area contributed by atoms with E-state index in [0.29, 0.717) is 16.9 Å². The molecule has 0 aliphatic carbocycles. The molecule has 3 rings (SSSR count). The highest BCUT2D eigenvalue weighted by Crippen LogP contribution is 2.27. The highest BCUT2D eigenvalue weighted by atomic mass is 35.5. The van der Waals surface area contributed by atoms with Crippen molar-refractivity contribution in [3.05, 3.63) is 57.4 Å². The summed E-state index contributed by atoms with van der Waals surface area (Å²) in [5.74, 6) is -2.77. The van der Waals surface area contributed by atoms with E-state index in [1.807, 2.05) is 0 Å². The Hall–Kier alpha value is -3.39.